The molecule has 1 rings (SSSR count). The molecule has 7 heteroatoms. The number of ether oxygens (including phenoxy) is 1. The van der Waals surface area contributed by atoms with Crippen LogP contribution in [0.4, 0.5) is 4.39 Å². The second-order valence-corrected chi connectivity index (χ2v) is 6.77. The molecular formula is C14H23FN2O3S. The van der Waals surface area contributed by atoms with Crippen molar-refractivity contribution in [2.24, 2.45) is 11.7 Å². The minimum absolute atomic E-state index is 0.0222. The van der Waals surface area contributed by atoms with Crippen molar-refractivity contribution in [3.8, 4) is 0 Å². The van der Waals surface area contributed by atoms with Crippen LogP contribution in [0.3, 0.4) is 0 Å². The lowest BCUT2D eigenvalue weighted by Gasteiger charge is -2.22. The standard InChI is InChI=1S/C14H23FN2O3S/c1-4-20-9-13(10(2)3)17-21(18,19)14-7-12(15)6-5-11(14)8-16/h5-7,10,13,17H,4,8-9,16H2,1-3H3. The quantitative estimate of drug-likeness (QED) is 0.763. The van der Waals surface area contributed by atoms with Crippen LogP contribution >= 0.6 is 0 Å². The van der Waals surface area contributed by atoms with Gasteiger partial charge in [0.05, 0.1) is 11.5 Å². The summed E-state index contributed by atoms with van der Waals surface area (Å²) >= 11 is 0. The minimum atomic E-state index is -3.85. The largest absolute Gasteiger partial charge is 0.380 e. The molecule has 5 nitrogen and oxygen atoms in total. The summed E-state index contributed by atoms with van der Waals surface area (Å²) in [6.07, 6.45) is 0. The summed E-state index contributed by atoms with van der Waals surface area (Å²) in [4.78, 5) is -0.118. The average molecular weight is 318 g/mol. The molecule has 0 spiro atoms. The smallest absolute Gasteiger partial charge is 0.241 e. The number of hydrogen-bond donors (Lipinski definition) is 2. The van der Waals surface area contributed by atoms with Crippen LogP contribution in [-0.2, 0) is 21.3 Å². The van der Waals surface area contributed by atoms with Crippen molar-refractivity contribution >= 4 is 10.0 Å². The van der Waals surface area contributed by atoms with Crippen LogP contribution in [0.5, 0.6) is 0 Å². The molecule has 21 heavy (non-hydrogen) atoms. The zero-order valence-electron chi connectivity index (χ0n) is 12.6. The Labute approximate surface area is 125 Å². The number of hydrogen-bond acceptors (Lipinski definition) is 4. The fraction of sp³-hybridized carbons (Fsp3) is 0.571. The number of halogens is 1. The summed E-state index contributed by atoms with van der Waals surface area (Å²) in [7, 11) is -3.85. The molecule has 0 aromatic heterocycles. The van der Waals surface area contributed by atoms with Gasteiger partial charge in [0.1, 0.15) is 5.82 Å². The van der Waals surface area contributed by atoms with Gasteiger partial charge in [-0.1, -0.05) is 19.9 Å². The highest BCUT2D eigenvalue weighted by atomic mass is 32.2. The molecule has 0 saturated carbocycles. The molecule has 1 unspecified atom stereocenters. The molecule has 0 amide bonds. The third kappa shape index (κ3) is 5.03. The lowest BCUT2D eigenvalue weighted by molar-refractivity contribution is 0.116. The second-order valence-electron chi connectivity index (χ2n) is 5.09. The third-order valence-corrected chi connectivity index (χ3v) is 4.72. The molecule has 120 valence electrons. The summed E-state index contributed by atoms with van der Waals surface area (Å²) in [6, 6.07) is 3.18. The Hall–Kier alpha value is -1.02. The fourth-order valence-corrected chi connectivity index (χ4v) is 3.45. The topological polar surface area (TPSA) is 81.4 Å². The first kappa shape index (κ1) is 18.0. The molecule has 0 saturated heterocycles. The van der Waals surface area contributed by atoms with E-state index in [1.807, 2.05) is 20.8 Å². The average Bonchev–Trinajstić information content (AvgIpc) is 2.43. The molecule has 0 radical (unpaired) electrons. The highest BCUT2D eigenvalue weighted by molar-refractivity contribution is 7.89. The van der Waals surface area contributed by atoms with Crippen LogP contribution < -0.4 is 10.5 Å². The molecule has 3 N–H and O–H groups in total. The maximum Gasteiger partial charge on any atom is 0.241 e. The number of nitrogens with one attached hydrogen (secondary N) is 1. The molecular weight excluding hydrogens is 295 g/mol. The Bertz CT molecular complexity index is 561. The van der Waals surface area contributed by atoms with Gasteiger partial charge in [0.25, 0.3) is 0 Å². The first-order chi connectivity index (χ1) is 9.81. The molecule has 0 bridgehead atoms. The zero-order valence-corrected chi connectivity index (χ0v) is 13.4. The maximum absolute atomic E-state index is 13.4. The van der Waals surface area contributed by atoms with Gasteiger partial charge in [0, 0.05) is 19.2 Å². The van der Waals surface area contributed by atoms with Crippen molar-refractivity contribution in [2.45, 2.75) is 38.3 Å². The van der Waals surface area contributed by atoms with Gasteiger partial charge in [-0.15, -0.1) is 0 Å². The van der Waals surface area contributed by atoms with Crippen LogP contribution in [0.2, 0.25) is 0 Å². The van der Waals surface area contributed by atoms with Gasteiger partial charge in [-0.3, -0.25) is 0 Å². The van der Waals surface area contributed by atoms with E-state index in [2.05, 4.69) is 4.72 Å². The zero-order chi connectivity index (χ0) is 16.0. The normalized spacial score (nSPS) is 13.6. The van der Waals surface area contributed by atoms with Gasteiger partial charge in [-0.05, 0) is 30.5 Å². The van der Waals surface area contributed by atoms with E-state index in [1.165, 1.54) is 12.1 Å². The van der Waals surface area contributed by atoms with Crippen LogP contribution in [0.25, 0.3) is 0 Å². The SMILES string of the molecule is CCOCC(NS(=O)(=O)c1cc(F)ccc1CN)C(C)C. The van der Waals surface area contributed by atoms with Crippen molar-refractivity contribution in [3.63, 3.8) is 0 Å². The number of sulfonamides is 1. The van der Waals surface area contributed by atoms with Crippen LogP contribution in [0, 0.1) is 11.7 Å². The van der Waals surface area contributed by atoms with E-state index < -0.39 is 15.8 Å². The van der Waals surface area contributed by atoms with E-state index in [4.69, 9.17) is 10.5 Å². The predicted octanol–water partition coefficient (Wildman–Crippen LogP) is 1.62. The number of benzene rings is 1. The van der Waals surface area contributed by atoms with Gasteiger partial charge in [-0.2, -0.15) is 0 Å². The molecule has 0 aliphatic carbocycles. The van der Waals surface area contributed by atoms with E-state index in [-0.39, 0.29) is 30.0 Å². The molecule has 1 aromatic carbocycles. The second kappa shape index (κ2) is 7.84. The first-order valence-electron chi connectivity index (χ1n) is 6.90. The molecule has 0 aliphatic heterocycles. The Morgan fingerprint density at radius 2 is 2.05 bits per heavy atom. The predicted molar refractivity (Wildman–Crippen MR) is 79.7 cm³/mol. The molecule has 1 atom stereocenters. The Balaban J connectivity index is 3.07. The van der Waals surface area contributed by atoms with Gasteiger partial charge < -0.3 is 10.5 Å². The van der Waals surface area contributed by atoms with E-state index in [0.717, 1.165) is 6.07 Å². The molecule has 0 fully saturated rings. The monoisotopic (exact) mass is 318 g/mol. The number of nitrogens with two attached hydrogens (primary N) is 1. The highest BCUT2D eigenvalue weighted by Crippen LogP contribution is 2.18. The summed E-state index contributed by atoms with van der Waals surface area (Å²) in [5, 5.41) is 0. The van der Waals surface area contributed by atoms with Gasteiger partial charge >= 0.3 is 0 Å². The lowest BCUT2D eigenvalue weighted by Crippen LogP contribution is -2.42. The molecule has 0 aliphatic rings. The van der Waals surface area contributed by atoms with Crippen LogP contribution in [-0.4, -0.2) is 27.7 Å². The van der Waals surface area contributed by atoms with Gasteiger partial charge in [0.15, 0.2) is 0 Å². The summed E-state index contributed by atoms with van der Waals surface area (Å²) < 4.78 is 46.1. The van der Waals surface area contributed by atoms with E-state index in [9.17, 15) is 12.8 Å². The van der Waals surface area contributed by atoms with Crippen molar-refractivity contribution in [3.05, 3.63) is 29.6 Å². The first-order valence-corrected chi connectivity index (χ1v) is 8.38. The maximum atomic E-state index is 13.4. The summed E-state index contributed by atoms with van der Waals surface area (Å²) in [6.45, 7) is 6.40. The molecule has 1 aromatic rings. The Morgan fingerprint density at radius 3 is 2.57 bits per heavy atom. The van der Waals surface area contributed by atoms with Crippen molar-refractivity contribution in [1.29, 1.82) is 0 Å². The van der Waals surface area contributed by atoms with Crippen molar-refractivity contribution in [1.82, 2.24) is 4.72 Å². The van der Waals surface area contributed by atoms with E-state index in [1.54, 1.807) is 0 Å². The van der Waals surface area contributed by atoms with Crippen molar-refractivity contribution < 1.29 is 17.5 Å². The minimum Gasteiger partial charge on any atom is -0.380 e. The fourth-order valence-electron chi connectivity index (χ4n) is 1.82. The highest BCUT2D eigenvalue weighted by Gasteiger charge is 2.25. The summed E-state index contributed by atoms with van der Waals surface area (Å²) in [5.74, 6) is -0.570. The Morgan fingerprint density at radius 1 is 1.38 bits per heavy atom. The van der Waals surface area contributed by atoms with Crippen molar-refractivity contribution in [2.75, 3.05) is 13.2 Å². The van der Waals surface area contributed by atoms with Crippen LogP contribution in [0.1, 0.15) is 26.3 Å². The van der Waals surface area contributed by atoms with Gasteiger partial charge in [-0.25, -0.2) is 17.5 Å². The van der Waals surface area contributed by atoms with Crippen LogP contribution in [0.15, 0.2) is 23.1 Å². The summed E-state index contributed by atoms with van der Waals surface area (Å²) in [5.41, 5.74) is 5.91. The van der Waals surface area contributed by atoms with E-state index >= 15 is 0 Å². The van der Waals surface area contributed by atoms with E-state index in [0.29, 0.717) is 12.2 Å². The molecule has 0 heterocycles. The Kier molecular flexibility index (Phi) is 6.73. The third-order valence-electron chi connectivity index (χ3n) is 3.15. The van der Waals surface area contributed by atoms with Gasteiger partial charge in [0.2, 0.25) is 10.0 Å². The number of rotatable bonds is 8. The lowest BCUT2D eigenvalue weighted by atomic mass is 10.1.